The van der Waals surface area contributed by atoms with Crippen LogP contribution in [0.1, 0.15) is 32.1 Å². The molecular weight excluding hydrogens is 409 g/mol. The summed E-state index contributed by atoms with van der Waals surface area (Å²) in [5.74, 6) is -0.205. The predicted octanol–water partition coefficient (Wildman–Crippen LogP) is 1.70. The molecule has 1 aliphatic carbocycles. The van der Waals surface area contributed by atoms with E-state index in [2.05, 4.69) is 0 Å². The van der Waals surface area contributed by atoms with Crippen molar-refractivity contribution in [1.82, 2.24) is 14.1 Å². The minimum absolute atomic E-state index is 0.0598. The summed E-state index contributed by atoms with van der Waals surface area (Å²) in [6.45, 7) is 2.81. The van der Waals surface area contributed by atoms with Crippen LogP contribution in [-0.2, 0) is 19.6 Å². The van der Waals surface area contributed by atoms with E-state index in [1.54, 1.807) is 0 Å². The van der Waals surface area contributed by atoms with Gasteiger partial charge in [0, 0.05) is 51.1 Å². The number of amides is 2. The molecule has 0 bridgehead atoms. The summed E-state index contributed by atoms with van der Waals surface area (Å²) in [7, 11) is -3.68. The van der Waals surface area contributed by atoms with Crippen LogP contribution in [0.2, 0.25) is 0 Å². The van der Waals surface area contributed by atoms with E-state index in [0.717, 1.165) is 31.4 Å². The quantitative estimate of drug-likeness (QED) is 0.718. The van der Waals surface area contributed by atoms with Crippen LogP contribution in [0.5, 0.6) is 0 Å². The Labute approximate surface area is 176 Å². The topological polar surface area (TPSA) is 78.0 Å². The summed E-state index contributed by atoms with van der Waals surface area (Å²) >= 11 is 0. The first-order valence-corrected chi connectivity index (χ1v) is 12.1. The summed E-state index contributed by atoms with van der Waals surface area (Å²) in [5, 5.41) is 0. The average Bonchev–Trinajstić information content (AvgIpc) is 2.72. The standard InChI is InChI=1S/C21H28FN3O4S/c22-18-4-6-19(7-5-18)30(28,29)25-10-8-17(9-11-25)21(27)24-14-12-23(13-15-24)20(26)16-2-1-3-16/h4-7,16-17H,1-3,8-15H2. The third-order valence-electron chi connectivity index (χ3n) is 6.61. The van der Waals surface area contributed by atoms with Crippen LogP contribution < -0.4 is 0 Å². The molecule has 2 saturated heterocycles. The number of carbonyl (C=O) groups excluding carboxylic acids is 2. The lowest BCUT2D eigenvalue weighted by molar-refractivity contribution is -0.146. The van der Waals surface area contributed by atoms with E-state index >= 15 is 0 Å². The van der Waals surface area contributed by atoms with Crippen LogP contribution in [0.25, 0.3) is 0 Å². The van der Waals surface area contributed by atoms with Gasteiger partial charge < -0.3 is 9.80 Å². The largest absolute Gasteiger partial charge is 0.339 e. The zero-order valence-electron chi connectivity index (χ0n) is 17.0. The van der Waals surface area contributed by atoms with Crippen LogP contribution >= 0.6 is 0 Å². The lowest BCUT2D eigenvalue weighted by Gasteiger charge is -2.40. The molecule has 1 aromatic carbocycles. The highest BCUT2D eigenvalue weighted by Gasteiger charge is 2.36. The lowest BCUT2D eigenvalue weighted by atomic mass is 9.84. The van der Waals surface area contributed by atoms with Gasteiger partial charge in [-0.2, -0.15) is 4.31 Å². The Balaban J connectivity index is 1.28. The number of benzene rings is 1. The number of carbonyl (C=O) groups is 2. The predicted molar refractivity (Wildman–Crippen MR) is 108 cm³/mol. The zero-order chi connectivity index (χ0) is 21.3. The maximum absolute atomic E-state index is 13.1. The molecule has 7 nitrogen and oxygen atoms in total. The van der Waals surface area contributed by atoms with Crippen LogP contribution in [0.4, 0.5) is 4.39 Å². The molecule has 0 aromatic heterocycles. The SMILES string of the molecule is O=C(C1CCC1)N1CCN(C(=O)C2CCN(S(=O)(=O)c3ccc(F)cc3)CC2)CC1. The fourth-order valence-corrected chi connectivity index (χ4v) is 5.89. The maximum atomic E-state index is 13.1. The number of hydrogen-bond donors (Lipinski definition) is 0. The fraction of sp³-hybridized carbons (Fsp3) is 0.619. The molecule has 0 atom stereocenters. The second-order valence-electron chi connectivity index (χ2n) is 8.41. The number of hydrogen-bond acceptors (Lipinski definition) is 4. The summed E-state index contributed by atoms with van der Waals surface area (Å²) < 4.78 is 39.9. The molecule has 1 aromatic rings. The van der Waals surface area contributed by atoms with E-state index in [1.807, 2.05) is 9.80 Å². The van der Waals surface area contributed by atoms with Crippen LogP contribution in [0.15, 0.2) is 29.2 Å². The number of nitrogens with zero attached hydrogens (tertiary/aromatic N) is 3. The van der Waals surface area contributed by atoms with Gasteiger partial charge in [-0.25, -0.2) is 12.8 Å². The van der Waals surface area contributed by atoms with Crippen molar-refractivity contribution < 1.29 is 22.4 Å². The molecule has 3 aliphatic rings. The molecule has 4 rings (SSSR count). The van der Waals surface area contributed by atoms with Crippen LogP contribution in [0, 0.1) is 17.7 Å². The van der Waals surface area contributed by atoms with Crippen molar-refractivity contribution in [2.75, 3.05) is 39.3 Å². The van der Waals surface area contributed by atoms with E-state index in [4.69, 9.17) is 0 Å². The zero-order valence-corrected chi connectivity index (χ0v) is 17.8. The Hall–Kier alpha value is -2.00. The molecular formula is C21H28FN3O4S. The molecule has 2 heterocycles. The van der Waals surface area contributed by atoms with E-state index in [1.165, 1.54) is 16.4 Å². The van der Waals surface area contributed by atoms with Gasteiger partial charge in [0.2, 0.25) is 21.8 Å². The number of rotatable bonds is 4. The van der Waals surface area contributed by atoms with Gasteiger partial charge >= 0.3 is 0 Å². The number of piperazine rings is 1. The van der Waals surface area contributed by atoms with Crippen LogP contribution in [-0.4, -0.2) is 73.6 Å². The normalized spacial score (nSPS) is 22.0. The van der Waals surface area contributed by atoms with E-state index in [-0.39, 0.29) is 41.6 Å². The average molecular weight is 438 g/mol. The summed E-state index contributed by atoms with van der Waals surface area (Å²) in [6.07, 6.45) is 4.04. The molecule has 2 amide bonds. The number of piperidine rings is 1. The molecule has 0 unspecified atom stereocenters. The van der Waals surface area contributed by atoms with Gasteiger partial charge in [-0.15, -0.1) is 0 Å². The van der Waals surface area contributed by atoms with Gasteiger partial charge in [0.15, 0.2) is 0 Å². The van der Waals surface area contributed by atoms with E-state index < -0.39 is 15.8 Å². The van der Waals surface area contributed by atoms with Gasteiger partial charge in [-0.3, -0.25) is 9.59 Å². The minimum atomic E-state index is -3.68. The van der Waals surface area contributed by atoms with Gasteiger partial charge in [0.25, 0.3) is 0 Å². The van der Waals surface area contributed by atoms with Crippen molar-refractivity contribution in [2.24, 2.45) is 11.8 Å². The first kappa shape index (κ1) is 21.2. The van der Waals surface area contributed by atoms with Crippen molar-refractivity contribution >= 4 is 21.8 Å². The number of sulfonamides is 1. The highest BCUT2D eigenvalue weighted by atomic mass is 32.2. The highest BCUT2D eigenvalue weighted by Crippen LogP contribution is 2.29. The Morgan fingerprint density at radius 2 is 1.23 bits per heavy atom. The van der Waals surface area contributed by atoms with Gasteiger partial charge in [0.05, 0.1) is 4.90 Å². The fourth-order valence-electron chi connectivity index (χ4n) is 4.42. The molecule has 164 valence electrons. The molecule has 2 aliphatic heterocycles. The lowest BCUT2D eigenvalue weighted by Crippen LogP contribution is -2.54. The van der Waals surface area contributed by atoms with Gasteiger partial charge in [0.1, 0.15) is 5.82 Å². The van der Waals surface area contributed by atoms with Crippen molar-refractivity contribution in [3.8, 4) is 0 Å². The Morgan fingerprint density at radius 1 is 0.767 bits per heavy atom. The van der Waals surface area contributed by atoms with Crippen LogP contribution in [0.3, 0.4) is 0 Å². The first-order valence-electron chi connectivity index (χ1n) is 10.7. The van der Waals surface area contributed by atoms with Gasteiger partial charge in [-0.05, 0) is 49.9 Å². The van der Waals surface area contributed by atoms with Crippen molar-refractivity contribution in [3.05, 3.63) is 30.1 Å². The molecule has 1 saturated carbocycles. The third kappa shape index (κ3) is 4.23. The summed E-state index contributed by atoms with van der Waals surface area (Å²) in [4.78, 5) is 29.0. The second kappa shape index (κ2) is 8.63. The molecule has 0 spiro atoms. The Kier molecular flexibility index (Phi) is 6.11. The third-order valence-corrected chi connectivity index (χ3v) is 8.52. The summed E-state index contributed by atoms with van der Waals surface area (Å²) in [6, 6.07) is 4.82. The summed E-state index contributed by atoms with van der Waals surface area (Å²) in [5.41, 5.74) is 0. The molecule has 3 fully saturated rings. The van der Waals surface area contributed by atoms with Crippen molar-refractivity contribution in [2.45, 2.75) is 37.0 Å². The van der Waals surface area contributed by atoms with Crippen molar-refractivity contribution in [3.63, 3.8) is 0 Å². The molecule has 0 N–H and O–H groups in total. The Bertz CT molecular complexity index is 885. The van der Waals surface area contributed by atoms with E-state index in [9.17, 15) is 22.4 Å². The molecule has 0 radical (unpaired) electrons. The second-order valence-corrected chi connectivity index (χ2v) is 10.3. The smallest absolute Gasteiger partial charge is 0.243 e. The van der Waals surface area contributed by atoms with Crippen molar-refractivity contribution in [1.29, 1.82) is 0 Å². The Morgan fingerprint density at radius 3 is 1.67 bits per heavy atom. The monoisotopic (exact) mass is 437 g/mol. The number of halogens is 1. The molecule has 30 heavy (non-hydrogen) atoms. The van der Waals surface area contributed by atoms with Gasteiger partial charge in [-0.1, -0.05) is 6.42 Å². The highest BCUT2D eigenvalue weighted by molar-refractivity contribution is 7.89. The first-order chi connectivity index (χ1) is 14.4. The maximum Gasteiger partial charge on any atom is 0.243 e. The van der Waals surface area contributed by atoms with E-state index in [0.29, 0.717) is 39.0 Å². The minimum Gasteiger partial charge on any atom is -0.339 e. The molecule has 9 heteroatoms.